The van der Waals surface area contributed by atoms with E-state index in [4.69, 9.17) is 5.73 Å². The van der Waals surface area contributed by atoms with Crippen molar-refractivity contribution in [3.63, 3.8) is 0 Å². The number of hydrogen-bond donors (Lipinski definition) is 2. The zero-order chi connectivity index (χ0) is 15.2. The Kier molecular flexibility index (Phi) is 5.55. The number of rotatable bonds is 6. The van der Waals surface area contributed by atoms with Gasteiger partial charge in [-0.15, -0.1) is 0 Å². The number of aromatic nitrogens is 3. The smallest absolute Gasteiger partial charge is 0.231 e. The second kappa shape index (κ2) is 7.40. The number of anilines is 3. The van der Waals surface area contributed by atoms with Gasteiger partial charge in [-0.1, -0.05) is 0 Å². The van der Waals surface area contributed by atoms with Gasteiger partial charge in [-0.25, -0.2) is 0 Å². The van der Waals surface area contributed by atoms with Gasteiger partial charge in [0.2, 0.25) is 17.8 Å². The minimum Gasteiger partial charge on any atom is -0.368 e. The number of likely N-dealkylation sites (N-methyl/N-ethyl adjacent to an activating group) is 1. The highest BCUT2D eigenvalue weighted by Crippen LogP contribution is 2.17. The van der Waals surface area contributed by atoms with Crippen LogP contribution in [0, 0.1) is 0 Å². The molecule has 0 amide bonds. The van der Waals surface area contributed by atoms with E-state index in [1.54, 1.807) is 0 Å². The molecule has 1 aromatic heterocycles. The van der Waals surface area contributed by atoms with Gasteiger partial charge < -0.3 is 20.9 Å². The third-order valence-electron chi connectivity index (χ3n) is 3.91. The summed E-state index contributed by atoms with van der Waals surface area (Å²) in [7, 11) is 2.10. The summed E-state index contributed by atoms with van der Waals surface area (Å²) in [6.07, 6.45) is 3.66. The average Bonchev–Trinajstić information content (AvgIpc) is 2.47. The summed E-state index contributed by atoms with van der Waals surface area (Å²) in [4.78, 5) is 17.4. The molecule has 0 radical (unpaired) electrons. The Morgan fingerprint density at radius 3 is 2.57 bits per heavy atom. The van der Waals surface area contributed by atoms with Gasteiger partial charge in [-0.05, 0) is 40.2 Å². The van der Waals surface area contributed by atoms with Gasteiger partial charge in [0.15, 0.2) is 0 Å². The summed E-state index contributed by atoms with van der Waals surface area (Å²) in [5.41, 5.74) is 5.81. The summed E-state index contributed by atoms with van der Waals surface area (Å²) in [5.74, 6) is 1.55. The Morgan fingerprint density at radius 1 is 1.19 bits per heavy atom. The molecule has 0 saturated carbocycles. The van der Waals surface area contributed by atoms with E-state index in [9.17, 15) is 0 Å². The maximum absolute atomic E-state index is 5.81. The molecule has 0 unspecified atom stereocenters. The number of nitrogens with one attached hydrogen (secondary N) is 1. The Labute approximate surface area is 127 Å². The second-order valence-corrected chi connectivity index (χ2v) is 5.87. The summed E-state index contributed by atoms with van der Waals surface area (Å²) in [6.45, 7) is 8.07. The van der Waals surface area contributed by atoms with E-state index in [1.807, 2.05) is 0 Å². The second-order valence-electron chi connectivity index (χ2n) is 5.87. The highest BCUT2D eigenvalue weighted by Gasteiger charge is 2.15. The van der Waals surface area contributed by atoms with Gasteiger partial charge in [0.25, 0.3) is 0 Å². The Bertz CT molecular complexity index is 443. The molecule has 3 N–H and O–H groups in total. The van der Waals surface area contributed by atoms with Crippen LogP contribution in [0.2, 0.25) is 0 Å². The van der Waals surface area contributed by atoms with Crippen LogP contribution in [0.15, 0.2) is 0 Å². The van der Waals surface area contributed by atoms with Crippen molar-refractivity contribution in [2.45, 2.75) is 39.2 Å². The van der Waals surface area contributed by atoms with Crippen LogP contribution in [0.1, 0.15) is 33.1 Å². The molecular formula is C14H27N7. The van der Waals surface area contributed by atoms with E-state index >= 15 is 0 Å². The number of nitrogens with two attached hydrogens (primary N) is 1. The molecule has 21 heavy (non-hydrogen) atoms. The van der Waals surface area contributed by atoms with Crippen molar-refractivity contribution in [2.75, 3.05) is 49.2 Å². The molecule has 1 aliphatic rings. The van der Waals surface area contributed by atoms with Crippen LogP contribution in [0.5, 0.6) is 0 Å². The van der Waals surface area contributed by atoms with Crippen LogP contribution >= 0.6 is 0 Å². The molecular weight excluding hydrogens is 266 g/mol. The van der Waals surface area contributed by atoms with Gasteiger partial charge in [-0.3, -0.25) is 0 Å². The standard InChI is InChI=1S/C14H27N7/c1-11(2)20(3)10-7-16-13-17-12(15)18-14(19-13)21-8-5-4-6-9-21/h11H,4-10H2,1-3H3,(H3,15,16,17,18,19). The summed E-state index contributed by atoms with van der Waals surface area (Å²) >= 11 is 0. The molecule has 0 bridgehead atoms. The molecule has 0 aliphatic carbocycles. The maximum atomic E-state index is 5.81. The third kappa shape index (κ3) is 4.70. The highest BCUT2D eigenvalue weighted by atomic mass is 15.3. The van der Waals surface area contributed by atoms with Gasteiger partial charge in [0.05, 0.1) is 0 Å². The van der Waals surface area contributed by atoms with E-state index < -0.39 is 0 Å². The third-order valence-corrected chi connectivity index (χ3v) is 3.91. The molecule has 2 rings (SSSR count). The van der Waals surface area contributed by atoms with Crippen molar-refractivity contribution in [1.82, 2.24) is 19.9 Å². The maximum Gasteiger partial charge on any atom is 0.231 e. The number of hydrogen-bond acceptors (Lipinski definition) is 7. The van der Waals surface area contributed by atoms with Crippen molar-refractivity contribution >= 4 is 17.8 Å². The van der Waals surface area contributed by atoms with Gasteiger partial charge >= 0.3 is 0 Å². The molecule has 1 aliphatic heterocycles. The predicted octanol–water partition coefficient (Wildman–Crippen LogP) is 1.20. The first-order valence-electron chi connectivity index (χ1n) is 7.77. The lowest BCUT2D eigenvalue weighted by molar-refractivity contribution is 0.284. The van der Waals surface area contributed by atoms with Crippen LogP contribution < -0.4 is 16.0 Å². The quantitative estimate of drug-likeness (QED) is 0.815. The van der Waals surface area contributed by atoms with Crippen LogP contribution in [0.4, 0.5) is 17.8 Å². The number of nitrogen functional groups attached to an aromatic ring is 1. The van der Waals surface area contributed by atoms with Gasteiger partial charge in [-0.2, -0.15) is 15.0 Å². The Hall–Kier alpha value is -1.63. The normalized spacial score (nSPS) is 15.8. The fourth-order valence-corrected chi connectivity index (χ4v) is 2.30. The van der Waals surface area contributed by atoms with Gasteiger partial charge in [0, 0.05) is 32.2 Å². The average molecular weight is 293 g/mol. The van der Waals surface area contributed by atoms with Crippen molar-refractivity contribution < 1.29 is 0 Å². The molecule has 1 aromatic rings. The fourth-order valence-electron chi connectivity index (χ4n) is 2.30. The highest BCUT2D eigenvalue weighted by molar-refractivity contribution is 5.42. The largest absolute Gasteiger partial charge is 0.368 e. The zero-order valence-corrected chi connectivity index (χ0v) is 13.3. The van der Waals surface area contributed by atoms with Crippen molar-refractivity contribution in [1.29, 1.82) is 0 Å². The number of piperidine rings is 1. The van der Waals surface area contributed by atoms with E-state index in [-0.39, 0.29) is 5.95 Å². The van der Waals surface area contributed by atoms with E-state index in [0.29, 0.717) is 17.9 Å². The van der Waals surface area contributed by atoms with Crippen molar-refractivity contribution in [2.24, 2.45) is 0 Å². The Morgan fingerprint density at radius 2 is 1.90 bits per heavy atom. The molecule has 1 fully saturated rings. The van der Waals surface area contributed by atoms with Crippen LogP contribution in [-0.2, 0) is 0 Å². The summed E-state index contributed by atoms with van der Waals surface area (Å²) in [6, 6.07) is 0.527. The molecule has 0 aromatic carbocycles. The SMILES string of the molecule is CC(C)N(C)CCNc1nc(N)nc(N2CCCCC2)n1. The van der Waals surface area contributed by atoms with Crippen molar-refractivity contribution in [3.05, 3.63) is 0 Å². The molecule has 7 heteroatoms. The minimum atomic E-state index is 0.283. The van der Waals surface area contributed by atoms with Gasteiger partial charge in [0.1, 0.15) is 0 Å². The summed E-state index contributed by atoms with van der Waals surface area (Å²) in [5, 5.41) is 3.24. The molecule has 118 valence electrons. The Balaban J connectivity index is 1.95. The topological polar surface area (TPSA) is 83.2 Å². The zero-order valence-electron chi connectivity index (χ0n) is 13.3. The van der Waals surface area contributed by atoms with E-state index in [2.05, 4.69) is 51.0 Å². The van der Waals surface area contributed by atoms with Crippen LogP contribution in [0.25, 0.3) is 0 Å². The molecule has 0 atom stereocenters. The lowest BCUT2D eigenvalue weighted by Crippen LogP contribution is -2.32. The summed E-state index contributed by atoms with van der Waals surface area (Å²) < 4.78 is 0. The van der Waals surface area contributed by atoms with Crippen LogP contribution in [0.3, 0.4) is 0 Å². The van der Waals surface area contributed by atoms with Crippen molar-refractivity contribution in [3.8, 4) is 0 Å². The number of nitrogens with zero attached hydrogens (tertiary/aromatic N) is 5. The minimum absolute atomic E-state index is 0.283. The predicted molar refractivity (Wildman–Crippen MR) is 86.6 cm³/mol. The molecule has 7 nitrogen and oxygen atoms in total. The first kappa shape index (κ1) is 15.8. The first-order chi connectivity index (χ1) is 10.1. The fraction of sp³-hybridized carbons (Fsp3) is 0.786. The van der Waals surface area contributed by atoms with E-state index in [0.717, 1.165) is 26.2 Å². The van der Waals surface area contributed by atoms with Crippen LogP contribution in [-0.4, -0.2) is 59.1 Å². The first-order valence-corrected chi connectivity index (χ1v) is 7.77. The lowest BCUT2D eigenvalue weighted by Gasteiger charge is -2.26. The molecule has 0 spiro atoms. The molecule has 2 heterocycles. The molecule has 1 saturated heterocycles. The monoisotopic (exact) mass is 293 g/mol. The van der Waals surface area contributed by atoms with E-state index in [1.165, 1.54) is 19.3 Å². The lowest BCUT2D eigenvalue weighted by atomic mass is 10.1.